The van der Waals surface area contributed by atoms with E-state index >= 15 is 0 Å². The molecule has 3 nitrogen and oxygen atoms in total. The summed E-state index contributed by atoms with van der Waals surface area (Å²) in [6.07, 6.45) is 0. The molecule has 2 N–H and O–H groups in total. The highest BCUT2D eigenvalue weighted by Gasteiger charge is 2.47. The SMILES string of the molecule is CC(C)[Si](Oc1ccccc1B(O)O)(C(C)C)C(C)C. The predicted octanol–water partition coefficient (Wildman–Crippen LogP) is 2.92. The highest BCUT2D eigenvalue weighted by Crippen LogP contribution is 2.42. The van der Waals surface area contributed by atoms with E-state index in [0.29, 0.717) is 27.8 Å². The maximum absolute atomic E-state index is 9.51. The normalized spacial score (nSPS) is 12.3. The summed E-state index contributed by atoms with van der Waals surface area (Å²) >= 11 is 0. The molecule has 0 aliphatic rings. The van der Waals surface area contributed by atoms with Crippen molar-refractivity contribution >= 4 is 20.9 Å². The summed E-state index contributed by atoms with van der Waals surface area (Å²) in [5.74, 6) is 0.616. The third kappa shape index (κ3) is 3.27. The number of benzene rings is 1. The third-order valence-electron chi connectivity index (χ3n) is 4.19. The van der Waals surface area contributed by atoms with Crippen molar-refractivity contribution in [3.8, 4) is 5.75 Å². The average Bonchev–Trinajstić information content (AvgIpc) is 2.34. The molecule has 0 spiro atoms. The Morgan fingerprint density at radius 1 is 0.900 bits per heavy atom. The zero-order valence-electron chi connectivity index (χ0n) is 13.4. The van der Waals surface area contributed by atoms with E-state index < -0.39 is 15.4 Å². The van der Waals surface area contributed by atoms with Crippen LogP contribution in [-0.4, -0.2) is 25.5 Å². The van der Waals surface area contributed by atoms with E-state index in [1.165, 1.54) is 0 Å². The Labute approximate surface area is 124 Å². The molecule has 0 aliphatic carbocycles. The lowest BCUT2D eigenvalue weighted by Gasteiger charge is -2.42. The number of hydrogen-bond donors (Lipinski definition) is 2. The zero-order valence-corrected chi connectivity index (χ0v) is 14.4. The summed E-state index contributed by atoms with van der Waals surface area (Å²) in [5.41, 5.74) is 1.80. The van der Waals surface area contributed by atoms with Gasteiger partial charge in [-0.2, -0.15) is 0 Å². The summed E-state index contributed by atoms with van der Waals surface area (Å²) in [6, 6.07) is 7.22. The maximum Gasteiger partial charge on any atom is 0.492 e. The fraction of sp³-hybridized carbons (Fsp3) is 0.600. The van der Waals surface area contributed by atoms with E-state index in [9.17, 15) is 10.0 Å². The Morgan fingerprint density at radius 3 is 1.75 bits per heavy atom. The van der Waals surface area contributed by atoms with Crippen LogP contribution < -0.4 is 9.89 Å². The van der Waals surface area contributed by atoms with Crippen molar-refractivity contribution in [2.24, 2.45) is 0 Å². The monoisotopic (exact) mass is 294 g/mol. The van der Waals surface area contributed by atoms with Crippen molar-refractivity contribution < 1.29 is 14.5 Å². The highest BCUT2D eigenvalue weighted by molar-refractivity contribution is 6.78. The molecule has 0 atom stereocenters. The number of para-hydroxylation sites is 1. The zero-order chi connectivity index (χ0) is 15.5. The Morgan fingerprint density at radius 2 is 1.35 bits per heavy atom. The van der Waals surface area contributed by atoms with E-state index in [-0.39, 0.29) is 0 Å². The van der Waals surface area contributed by atoms with Crippen LogP contribution >= 0.6 is 0 Å². The van der Waals surface area contributed by atoms with Crippen LogP contribution in [0.3, 0.4) is 0 Å². The van der Waals surface area contributed by atoms with Crippen molar-refractivity contribution in [2.45, 2.75) is 58.2 Å². The first-order valence-corrected chi connectivity index (χ1v) is 9.51. The molecule has 0 saturated heterocycles. The van der Waals surface area contributed by atoms with Crippen LogP contribution in [0.15, 0.2) is 24.3 Å². The first-order chi connectivity index (χ1) is 9.23. The standard InChI is InChI=1S/C15H27BO3Si/c1-11(2)20(12(3)4,13(5)6)19-15-10-8-7-9-14(15)16(17)18/h7-13,17-18H,1-6H3. The summed E-state index contributed by atoms with van der Waals surface area (Å²) < 4.78 is 6.50. The Hall–Kier alpha value is -0.778. The minimum atomic E-state index is -2.07. The molecule has 0 heterocycles. The van der Waals surface area contributed by atoms with Gasteiger partial charge in [0, 0.05) is 5.46 Å². The van der Waals surface area contributed by atoms with Crippen molar-refractivity contribution in [1.29, 1.82) is 0 Å². The number of rotatable bonds is 6. The minimum Gasteiger partial charge on any atom is -0.543 e. The molecule has 1 aromatic carbocycles. The lowest BCUT2D eigenvalue weighted by atomic mass is 9.80. The van der Waals surface area contributed by atoms with Gasteiger partial charge in [0.25, 0.3) is 8.32 Å². The fourth-order valence-electron chi connectivity index (χ4n) is 3.33. The van der Waals surface area contributed by atoms with Crippen LogP contribution in [0.5, 0.6) is 5.75 Å². The smallest absolute Gasteiger partial charge is 0.492 e. The van der Waals surface area contributed by atoms with Crippen LogP contribution in [0, 0.1) is 0 Å². The van der Waals surface area contributed by atoms with Crippen molar-refractivity contribution in [3.63, 3.8) is 0 Å². The summed E-state index contributed by atoms with van der Waals surface area (Å²) in [4.78, 5) is 0. The van der Waals surface area contributed by atoms with Gasteiger partial charge < -0.3 is 14.5 Å². The lowest BCUT2D eigenvalue weighted by molar-refractivity contribution is 0.421. The van der Waals surface area contributed by atoms with E-state index in [0.717, 1.165) is 0 Å². The largest absolute Gasteiger partial charge is 0.543 e. The van der Waals surface area contributed by atoms with Crippen molar-refractivity contribution in [2.75, 3.05) is 0 Å². The van der Waals surface area contributed by atoms with Gasteiger partial charge in [-0.05, 0) is 22.7 Å². The Balaban J connectivity index is 3.27. The number of hydrogen-bond acceptors (Lipinski definition) is 3. The van der Waals surface area contributed by atoms with Gasteiger partial charge in [0.15, 0.2) is 0 Å². The molecular weight excluding hydrogens is 267 g/mol. The molecule has 1 rings (SSSR count). The summed E-state index contributed by atoms with van der Waals surface area (Å²) in [6.45, 7) is 13.3. The van der Waals surface area contributed by atoms with Crippen LogP contribution in [0.4, 0.5) is 0 Å². The highest BCUT2D eigenvalue weighted by atomic mass is 28.4. The Kier molecular flexibility index (Phi) is 5.86. The molecule has 0 unspecified atom stereocenters. The van der Waals surface area contributed by atoms with Gasteiger partial charge in [0.1, 0.15) is 5.75 Å². The molecule has 112 valence electrons. The average molecular weight is 294 g/mol. The molecule has 0 radical (unpaired) electrons. The van der Waals surface area contributed by atoms with Gasteiger partial charge >= 0.3 is 7.12 Å². The van der Waals surface area contributed by atoms with Gasteiger partial charge in [-0.1, -0.05) is 59.7 Å². The van der Waals surface area contributed by atoms with Crippen molar-refractivity contribution in [3.05, 3.63) is 24.3 Å². The molecule has 20 heavy (non-hydrogen) atoms. The second-order valence-electron chi connectivity index (χ2n) is 6.33. The lowest BCUT2D eigenvalue weighted by Crippen LogP contribution is -2.52. The molecule has 1 aromatic rings. The predicted molar refractivity (Wildman–Crippen MR) is 87.9 cm³/mol. The van der Waals surface area contributed by atoms with Crippen molar-refractivity contribution in [1.82, 2.24) is 0 Å². The van der Waals surface area contributed by atoms with E-state index in [4.69, 9.17) is 4.43 Å². The minimum absolute atomic E-state index is 0.450. The van der Waals surface area contributed by atoms with Crippen LogP contribution in [0.2, 0.25) is 16.6 Å². The van der Waals surface area contributed by atoms with Gasteiger partial charge in [0.05, 0.1) is 0 Å². The van der Waals surface area contributed by atoms with Crippen LogP contribution in [-0.2, 0) is 0 Å². The van der Waals surface area contributed by atoms with Crippen LogP contribution in [0.1, 0.15) is 41.5 Å². The van der Waals surface area contributed by atoms with E-state index in [1.54, 1.807) is 12.1 Å². The summed E-state index contributed by atoms with van der Waals surface area (Å²) in [5, 5.41) is 19.0. The molecule has 0 saturated carbocycles. The van der Waals surface area contributed by atoms with Gasteiger partial charge in [-0.15, -0.1) is 0 Å². The molecular formula is C15H27BO3Si. The van der Waals surface area contributed by atoms with Gasteiger partial charge in [-0.25, -0.2) is 0 Å². The molecule has 5 heteroatoms. The summed E-state index contributed by atoms with van der Waals surface area (Å²) in [7, 11) is -3.56. The fourth-order valence-corrected chi connectivity index (χ4v) is 8.60. The quantitative estimate of drug-likeness (QED) is 0.793. The first-order valence-electron chi connectivity index (χ1n) is 7.37. The van der Waals surface area contributed by atoms with Crippen LogP contribution in [0.25, 0.3) is 0 Å². The van der Waals surface area contributed by atoms with Gasteiger partial charge in [0.2, 0.25) is 0 Å². The van der Waals surface area contributed by atoms with E-state index in [1.807, 2.05) is 12.1 Å². The maximum atomic E-state index is 9.51. The first kappa shape index (κ1) is 17.3. The van der Waals surface area contributed by atoms with Gasteiger partial charge in [-0.3, -0.25) is 0 Å². The second-order valence-corrected chi connectivity index (χ2v) is 11.7. The van der Waals surface area contributed by atoms with E-state index in [2.05, 4.69) is 41.5 Å². The topological polar surface area (TPSA) is 49.7 Å². The molecule has 0 aromatic heterocycles. The molecule has 0 fully saturated rings. The molecule has 0 amide bonds. The Bertz CT molecular complexity index is 411. The third-order valence-corrected chi connectivity index (χ3v) is 10.2. The molecule has 0 aliphatic heterocycles. The second kappa shape index (κ2) is 6.79. The molecule has 0 bridgehead atoms.